The second kappa shape index (κ2) is 13.2. The van der Waals surface area contributed by atoms with Gasteiger partial charge in [-0.25, -0.2) is 4.79 Å². The predicted octanol–water partition coefficient (Wildman–Crippen LogP) is 4.42. The molecule has 0 radical (unpaired) electrons. The first-order valence-corrected chi connectivity index (χ1v) is 14.5. The second-order valence-electron chi connectivity index (χ2n) is 10.2. The first-order chi connectivity index (χ1) is 19.0. The van der Waals surface area contributed by atoms with Gasteiger partial charge in [-0.05, 0) is 43.0 Å². The molecule has 1 aromatic heterocycles. The maximum atomic E-state index is 12.6. The molecule has 0 bridgehead atoms. The van der Waals surface area contributed by atoms with Crippen LogP contribution in [-0.4, -0.2) is 78.4 Å². The zero-order chi connectivity index (χ0) is 27.0. The Balaban J connectivity index is 1.00. The normalized spacial score (nSPS) is 18.6. The van der Waals surface area contributed by atoms with E-state index < -0.39 is 6.09 Å². The van der Waals surface area contributed by atoms with Gasteiger partial charge in [0.25, 0.3) is 5.91 Å². The maximum Gasteiger partial charge on any atom is 0.411 e. The summed E-state index contributed by atoms with van der Waals surface area (Å²) >= 11 is 1.52. The highest BCUT2D eigenvalue weighted by atomic mass is 32.1. The quantitative estimate of drug-likeness (QED) is 0.367. The van der Waals surface area contributed by atoms with Gasteiger partial charge in [-0.1, -0.05) is 48.5 Å². The molecule has 1 atom stereocenters. The van der Waals surface area contributed by atoms with Crippen LogP contribution in [0.1, 0.15) is 33.8 Å². The number of ether oxygens (including phenoxy) is 1. The SMILES string of the molecule is O=C(Nc1ccccc1-c1ccccc1)OC1CCN(CCNC(=O)c2ccc(CN3CCC(O)C3)s2)CC1. The molecule has 2 aliphatic heterocycles. The molecule has 2 aromatic carbocycles. The molecule has 2 fully saturated rings. The fourth-order valence-corrected chi connectivity index (χ4v) is 6.15. The molecule has 2 saturated heterocycles. The zero-order valence-corrected chi connectivity index (χ0v) is 22.9. The molecule has 0 saturated carbocycles. The highest BCUT2D eigenvalue weighted by molar-refractivity contribution is 7.14. The Labute approximate surface area is 233 Å². The summed E-state index contributed by atoms with van der Waals surface area (Å²) in [6, 6.07) is 21.6. The van der Waals surface area contributed by atoms with Gasteiger partial charge in [0, 0.05) is 56.3 Å². The number of anilines is 1. The third kappa shape index (κ3) is 7.67. The zero-order valence-electron chi connectivity index (χ0n) is 22.1. The highest BCUT2D eigenvalue weighted by Gasteiger charge is 2.23. The molecule has 8 nitrogen and oxygen atoms in total. The van der Waals surface area contributed by atoms with Crippen molar-refractivity contribution < 1.29 is 19.4 Å². The van der Waals surface area contributed by atoms with E-state index in [0.29, 0.717) is 13.1 Å². The van der Waals surface area contributed by atoms with Gasteiger partial charge in [0.15, 0.2) is 0 Å². The molecule has 39 heavy (non-hydrogen) atoms. The lowest BCUT2D eigenvalue weighted by Gasteiger charge is -2.31. The summed E-state index contributed by atoms with van der Waals surface area (Å²) in [5, 5.41) is 15.6. The Hall–Kier alpha value is -3.24. The molecule has 3 aromatic rings. The number of rotatable bonds is 9. The largest absolute Gasteiger partial charge is 0.446 e. The molecule has 5 rings (SSSR count). The molecular weight excluding hydrogens is 512 g/mol. The number of piperidine rings is 1. The summed E-state index contributed by atoms with van der Waals surface area (Å²) in [7, 11) is 0. The van der Waals surface area contributed by atoms with Crippen LogP contribution in [0.2, 0.25) is 0 Å². The van der Waals surface area contributed by atoms with Crippen LogP contribution in [0.4, 0.5) is 10.5 Å². The van der Waals surface area contributed by atoms with Crippen molar-refractivity contribution in [1.29, 1.82) is 0 Å². The van der Waals surface area contributed by atoms with E-state index in [2.05, 4.69) is 20.4 Å². The number of hydrogen-bond acceptors (Lipinski definition) is 7. The van der Waals surface area contributed by atoms with Crippen molar-refractivity contribution in [2.75, 3.05) is 44.6 Å². The van der Waals surface area contributed by atoms with Crippen molar-refractivity contribution in [3.8, 4) is 11.1 Å². The number of hydrogen-bond donors (Lipinski definition) is 3. The molecule has 2 amide bonds. The number of nitrogens with zero attached hydrogens (tertiary/aromatic N) is 2. The minimum absolute atomic E-state index is 0.0432. The van der Waals surface area contributed by atoms with Crippen LogP contribution < -0.4 is 10.6 Å². The molecule has 0 spiro atoms. The van der Waals surface area contributed by atoms with Crippen molar-refractivity contribution >= 4 is 29.0 Å². The van der Waals surface area contributed by atoms with Gasteiger partial charge in [-0.15, -0.1) is 11.3 Å². The Morgan fingerprint density at radius 3 is 2.44 bits per heavy atom. The number of para-hydroxylation sites is 1. The van der Waals surface area contributed by atoms with E-state index in [1.807, 2.05) is 66.7 Å². The standard InChI is InChI=1S/C30H36N4O4S/c35-23-12-16-34(20-23)21-25-10-11-28(39-25)29(36)31-15-19-33-17-13-24(14-18-33)38-30(37)32-27-9-5-4-8-26(27)22-6-2-1-3-7-22/h1-11,23-24,35H,12-21H2,(H,31,36)(H,32,37). The summed E-state index contributed by atoms with van der Waals surface area (Å²) in [4.78, 5) is 31.6. The van der Waals surface area contributed by atoms with Crippen molar-refractivity contribution in [2.45, 2.75) is 38.0 Å². The van der Waals surface area contributed by atoms with Gasteiger partial charge < -0.3 is 20.1 Å². The average Bonchev–Trinajstić information content (AvgIpc) is 3.59. The van der Waals surface area contributed by atoms with Gasteiger partial charge in [0.2, 0.25) is 0 Å². The summed E-state index contributed by atoms with van der Waals surface area (Å²) in [6.45, 7) is 5.36. The number of amides is 2. The average molecular weight is 549 g/mol. The Kier molecular flexibility index (Phi) is 9.26. The van der Waals surface area contributed by atoms with E-state index in [-0.39, 0.29) is 18.1 Å². The van der Waals surface area contributed by atoms with Crippen molar-refractivity contribution in [2.24, 2.45) is 0 Å². The molecule has 1 unspecified atom stereocenters. The molecule has 206 valence electrons. The number of nitrogens with one attached hydrogen (secondary N) is 2. The van der Waals surface area contributed by atoms with Crippen LogP contribution in [0, 0.1) is 0 Å². The van der Waals surface area contributed by atoms with Crippen molar-refractivity contribution in [1.82, 2.24) is 15.1 Å². The second-order valence-corrected chi connectivity index (χ2v) is 11.4. The van der Waals surface area contributed by atoms with Crippen LogP contribution in [0.3, 0.4) is 0 Å². The Morgan fingerprint density at radius 2 is 1.67 bits per heavy atom. The van der Waals surface area contributed by atoms with E-state index in [9.17, 15) is 14.7 Å². The van der Waals surface area contributed by atoms with E-state index in [4.69, 9.17) is 4.74 Å². The summed E-state index contributed by atoms with van der Waals surface area (Å²) in [6.07, 6.45) is 1.56. The van der Waals surface area contributed by atoms with Crippen LogP contribution in [-0.2, 0) is 11.3 Å². The third-order valence-corrected chi connectivity index (χ3v) is 8.35. The lowest BCUT2D eigenvalue weighted by atomic mass is 10.0. The van der Waals surface area contributed by atoms with E-state index in [1.165, 1.54) is 11.3 Å². The van der Waals surface area contributed by atoms with Crippen molar-refractivity contribution in [3.05, 3.63) is 76.5 Å². The summed E-state index contributed by atoms with van der Waals surface area (Å²) in [5.74, 6) is -0.0432. The number of carbonyl (C=O) groups is 2. The Bertz CT molecular complexity index is 1240. The highest BCUT2D eigenvalue weighted by Crippen LogP contribution is 2.28. The number of likely N-dealkylation sites (tertiary alicyclic amines) is 2. The lowest BCUT2D eigenvalue weighted by molar-refractivity contribution is 0.0587. The molecule has 0 aliphatic carbocycles. The molecule has 9 heteroatoms. The first-order valence-electron chi connectivity index (χ1n) is 13.7. The molecular formula is C30H36N4O4S. The van der Waals surface area contributed by atoms with Crippen LogP contribution in [0.25, 0.3) is 11.1 Å². The molecule has 3 N–H and O–H groups in total. The van der Waals surface area contributed by atoms with Crippen LogP contribution in [0.5, 0.6) is 0 Å². The van der Waals surface area contributed by atoms with E-state index in [1.54, 1.807) is 0 Å². The van der Waals surface area contributed by atoms with E-state index >= 15 is 0 Å². The fraction of sp³-hybridized carbons (Fsp3) is 0.400. The molecule has 3 heterocycles. The molecule has 2 aliphatic rings. The number of β-amino-alcohol motifs (C(OH)–C–C–N with tert-alkyl or cyclic N) is 1. The summed E-state index contributed by atoms with van der Waals surface area (Å²) in [5.41, 5.74) is 2.72. The first kappa shape index (κ1) is 27.3. The fourth-order valence-electron chi connectivity index (χ4n) is 5.18. The minimum Gasteiger partial charge on any atom is -0.446 e. The number of aliphatic hydroxyl groups excluding tert-OH is 1. The maximum absolute atomic E-state index is 12.6. The van der Waals surface area contributed by atoms with Gasteiger partial charge in [-0.2, -0.15) is 0 Å². The van der Waals surface area contributed by atoms with Crippen molar-refractivity contribution in [3.63, 3.8) is 0 Å². The Morgan fingerprint density at radius 1 is 0.923 bits per heavy atom. The van der Waals surface area contributed by atoms with Gasteiger partial charge in [0.05, 0.1) is 16.7 Å². The van der Waals surface area contributed by atoms with Gasteiger partial charge in [0.1, 0.15) is 6.10 Å². The lowest BCUT2D eigenvalue weighted by Crippen LogP contribution is -2.42. The van der Waals surface area contributed by atoms with Crippen LogP contribution in [0.15, 0.2) is 66.7 Å². The topological polar surface area (TPSA) is 94.1 Å². The third-order valence-electron chi connectivity index (χ3n) is 7.28. The van der Waals surface area contributed by atoms with Gasteiger partial charge >= 0.3 is 6.09 Å². The minimum atomic E-state index is -0.430. The number of benzene rings is 2. The van der Waals surface area contributed by atoms with Gasteiger partial charge in [-0.3, -0.25) is 15.0 Å². The number of thiophene rings is 1. The van der Waals surface area contributed by atoms with Crippen LogP contribution >= 0.6 is 11.3 Å². The number of aliphatic hydroxyl groups is 1. The van der Waals surface area contributed by atoms with E-state index in [0.717, 1.165) is 78.6 Å². The smallest absolute Gasteiger partial charge is 0.411 e. The monoisotopic (exact) mass is 548 g/mol. The predicted molar refractivity (Wildman–Crippen MR) is 154 cm³/mol. The number of carbonyl (C=O) groups excluding carboxylic acids is 2. The summed E-state index contributed by atoms with van der Waals surface area (Å²) < 4.78 is 5.73.